The number of aromatic nitrogens is 1. The summed E-state index contributed by atoms with van der Waals surface area (Å²) in [5.74, 6) is 0.848. The van der Waals surface area contributed by atoms with E-state index in [0.717, 1.165) is 66.6 Å². The molecule has 0 saturated carbocycles. The molecule has 4 heteroatoms. The van der Waals surface area contributed by atoms with Gasteiger partial charge in [-0.3, -0.25) is 4.79 Å². The van der Waals surface area contributed by atoms with Gasteiger partial charge in [0, 0.05) is 12.1 Å². The standard InChI is InChI=1S/C17H22N2O2/c1-3-4-6-11-9-13-15(14(10-11)21-2)16-12(17(20)19-13)7-5-8-18-16/h9-10,18H,3-8H2,1-2H3,(H,19,20). The van der Waals surface area contributed by atoms with Crippen LogP contribution in [0.1, 0.15) is 37.3 Å². The lowest BCUT2D eigenvalue weighted by Crippen LogP contribution is -2.22. The van der Waals surface area contributed by atoms with E-state index in [4.69, 9.17) is 4.74 Å². The van der Waals surface area contributed by atoms with Crippen molar-refractivity contribution in [3.8, 4) is 5.75 Å². The number of hydrogen-bond donors (Lipinski definition) is 2. The number of aromatic amines is 1. The molecule has 0 atom stereocenters. The number of benzene rings is 1. The van der Waals surface area contributed by atoms with Crippen LogP contribution in [0.5, 0.6) is 5.75 Å². The van der Waals surface area contributed by atoms with E-state index in [1.165, 1.54) is 5.56 Å². The van der Waals surface area contributed by atoms with E-state index in [9.17, 15) is 4.79 Å². The minimum absolute atomic E-state index is 0.0272. The Kier molecular flexibility index (Phi) is 3.86. The van der Waals surface area contributed by atoms with Crippen LogP contribution >= 0.6 is 0 Å². The minimum atomic E-state index is 0.0272. The Labute approximate surface area is 124 Å². The third kappa shape index (κ3) is 2.50. The molecule has 4 nitrogen and oxygen atoms in total. The molecule has 0 bridgehead atoms. The highest BCUT2D eigenvalue weighted by molar-refractivity contribution is 5.98. The summed E-state index contributed by atoms with van der Waals surface area (Å²) in [6.45, 7) is 3.09. The monoisotopic (exact) mass is 286 g/mol. The Hall–Kier alpha value is -1.97. The number of fused-ring (bicyclic) bond motifs is 3. The van der Waals surface area contributed by atoms with Crippen molar-refractivity contribution < 1.29 is 4.74 Å². The molecule has 0 aliphatic carbocycles. The Bertz CT molecular complexity index is 719. The maximum absolute atomic E-state index is 12.3. The van der Waals surface area contributed by atoms with Gasteiger partial charge in [-0.25, -0.2) is 0 Å². The summed E-state index contributed by atoms with van der Waals surface area (Å²) in [4.78, 5) is 15.3. The Balaban J connectivity index is 2.23. The van der Waals surface area contributed by atoms with Crippen molar-refractivity contribution in [2.75, 3.05) is 19.0 Å². The lowest BCUT2D eigenvalue weighted by Gasteiger charge is -2.21. The molecule has 0 saturated heterocycles. The van der Waals surface area contributed by atoms with E-state index in [0.29, 0.717) is 0 Å². The summed E-state index contributed by atoms with van der Waals surface area (Å²) in [5, 5.41) is 4.39. The average Bonchev–Trinajstić information content (AvgIpc) is 2.52. The summed E-state index contributed by atoms with van der Waals surface area (Å²) < 4.78 is 5.59. The molecule has 2 heterocycles. The topological polar surface area (TPSA) is 54.1 Å². The average molecular weight is 286 g/mol. The summed E-state index contributed by atoms with van der Waals surface area (Å²) >= 11 is 0. The van der Waals surface area contributed by atoms with Crippen LogP contribution in [0.4, 0.5) is 5.69 Å². The molecular formula is C17H22N2O2. The van der Waals surface area contributed by atoms with Gasteiger partial charge < -0.3 is 15.0 Å². The van der Waals surface area contributed by atoms with E-state index >= 15 is 0 Å². The normalized spacial score (nSPS) is 13.8. The SMILES string of the molecule is CCCCc1cc(OC)c2c3c(c(=O)[nH]c2c1)CCCN3. The molecule has 1 aliphatic heterocycles. The van der Waals surface area contributed by atoms with Crippen LogP contribution in [0.25, 0.3) is 10.9 Å². The van der Waals surface area contributed by atoms with Gasteiger partial charge in [-0.2, -0.15) is 0 Å². The zero-order valence-corrected chi connectivity index (χ0v) is 12.7. The molecule has 0 spiro atoms. The maximum atomic E-state index is 12.3. The van der Waals surface area contributed by atoms with Gasteiger partial charge in [-0.1, -0.05) is 13.3 Å². The van der Waals surface area contributed by atoms with E-state index in [1.807, 2.05) is 0 Å². The molecule has 0 amide bonds. The molecule has 1 aliphatic rings. The van der Waals surface area contributed by atoms with Crippen LogP contribution in [-0.4, -0.2) is 18.6 Å². The van der Waals surface area contributed by atoms with Gasteiger partial charge >= 0.3 is 0 Å². The molecule has 21 heavy (non-hydrogen) atoms. The number of ether oxygens (including phenoxy) is 1. The maximum Gasteiger partial charge on any atom is 0.253 e. The zero-order chi connectivity index (χ0) is 14.8. The van der Waals surface area contributed by atoms with Gasteiger partial charge in [0.25, 0.3) is 5.56 Å². The Morgan fingerprint density at radius 1 is 1.33 bits per heavy atom. The van der Waals surface area contributed by atoms with Crippen molar-refractivity contribution in [2.24, 2.45) is 0 Å². The number of nitrogens with one attached hydrogen (secondary N) is 2. The van der Waals surface area contributed by atoms with Crippen molar-refractivity contribution in [1.29, 1.82) is 0 Å². The quantitative estimate of drug-likeness (QED) is 0.907. The third-order valence-electron chi connectivity index (χ3n) is 4.18. The second-order valence-corrected chi connectivity index (χ2v) is 5.66. The fourth-order valence-electron chi connectivity index (χ4n) is 3.09. The first-order valence-corrected chi connectivity index (χ1v) is 7.74. The van der Waals surface area contributed by atoms with Crippen molar-refractivity contribution in [3.05, 3.63) is 33.6 Å². The van der Waals surface area contributed by atoms with Gasteiger partial charge in [-0.05, 0) is 43.4 Å². The van der Waals surface area contributed by atoms with Gasteiger partial charge in [-0.15, -0.1) is 0 Å². The highest BCUT2D eigenvalue weighted by Crippen LogP contribution is 2.35. The van der Waals surface area contributed by atoms with E-state index in [2.05, 4.69) is 29.4 Å². The van der Waals surface area contributed by atoms with Crippen LogP contribution in [0.3, 0.4) is 0 Å². The summed E-state index contributed by atoms with van der Waals surface area (Å²) in [6, 6.07) is 4.19. The number of anilines is 1. The summed E-state index contributed by atoms with van der Waals surface area (Å²) in [7, 11) is 1.69. The molecule has 3 rings (SSSR count). The summed E-state index contributed by atoms with van der Waals surface area (Å²) in [6.07, 6.45) is 5.13. The fourth-order valence-corrected chi connectivity index (χ4v) is 3.09. The minimum Gasteiger partial charge on any atom is -0.496 e. The van der Waals surface area contributed by atoms with Crippen LogP contribution < -0.4 is 15.6 Å². The molecule has 2 N–H and O–H groups in total. The molecule has 1 aromatic heterocycles. The fraction of sp³-hybridized carbons (Fsp3) is 0.471. The van der Waals surface area contributed by atoms with E-state index in [-0.39, 0.29) is 5.56 Å². The van der Waals surface area contributed by atoms with Crippen LogP contribution in [-0.2, 0) is 12.8 Å². The third-order valence-corrected chi connectivity index (χ3v) is 4.18. The van der Waals surface area contributed by atoms with Crippen LogP contribution in [0.2, 0.25) is 0 Å². The molecule has 0 radical (unpaired) electrons. The van der Waals surface area contributed by atoms with Crippen molar-refractivity contribution in [3.63, 3.8) is 0 Å². The predicted molar refractivity (Wildman–Crippen MR) is 86.5 cm³/mol. The number of hydrogen-bond acceptors (Lipinski definition) is 3. The molecular weight excluding hydrogens is 264 g/mol. The van der Waals surface area contributed by atoms with Crippen molar-refractivity contribution in [2.45, 2.75) is 39.0 Å². The van der Waals surface area contributed by atoms with E-state index < -0.39 is 0 Å². The highest BCUT2D eigenvalue weighted by Gasteiger charge is 2.19. The number of rotatable bonds is 4. The van der Waals surface area contributed by atoms with E-state index in [1.54, 1.807) is 7.11 Å². The number of unbranched alkanes of at least 4 members (excludes halogenated alkanes) is 1. The number of aryl methyl sites for hydroxylation is 1. The lowest BCUT2D eigenvalue weighted by atomic mass is 9.98. The Morgan fingerprint density at radius 3 is 2.95 bits per heavy atom. The molecule has 112 valence electrons. The second-order valence-electron chi connectivity index (χ2n) is 5.66. The van der Waals surface area contributed by atoms with Gasteiger partial charge in [0.1, 0.15) is 5.75 Å². The second kappa shape index (κ2) is 5.80. The largest absolute Gasteiger partial charge is 0.496 e. The number of methoxy groups -OCH3 is 1. The summed E-state index contributed by atoms with van der Waals surface area (Å²) in [5.41, 5.74) is 3.93. The Morgan fingerprint density at radius 2 is 2.19 bits per heavy atom. The first-order chi connectivity index (χ1) is 10.2. The number of pyridine rings is 1. The van der Waals surface area contributed by atoms with Crippen molar-refractivity contribution in [1.82, 2.24) is 4.98 Å². The van der Waals surface area contributed by atoms with Gasteiger partial charge in [0.15, 0.2) is 0 Å². The highest BCUT2D eigenvalue weighted by atomic mass is 16.5. The predicted octanol–water partition coefficient (Wildman–Crippen LogP) is 3.24. The van der Waals surface area contributed by atoms with Gasteiger partial charge in [0.2, 0.25) is 0 Å². The zero-order valence-electron chi connectivity index (χ0n) is 12.7. The van der Waals surface area contributed by atoms with Crippen molar-refractivity contribution >= 4 is 16.6 Å². The molecule has 1 aromatic carbocycles. The smallest absolute Gasteiger partial charge is 0.253 e. The first-order valence-electron chi connectivity index (χ1n) is 7.74. The molecule has 2 aromatic rings. The molecule has 0 unspecified atom stereocenters. The number of H-pyrrole nitrogens is 1. The van der Waals surface area contributed by atoms with Gasteiger partial charge in [0.05, 0.1) is 23.7 Å². The first kappa shape index (κ1) is 14.0. The van der Waals surface area contributed by atoms with Crippen LogP contribution in [0.15, 0.2) is 16.9 Å². The molecule has 0 fully saturated rings. The van der Waals surface area contributed by atoms with Crippen LogP contribution in [0, 0.1) is 0 Å². The lowest BCUT2D eigenvalue weighted by molar-refractivity contribution is 0.419.